The van der Waals surface area contributed by atoms with Crippen molar-refractivity contribution in [1.82, 2.24) is 0 Å². The van der Waals surface area contributed by atoms with E-state index < -0.39 is 0 Å². The number of ether oxygens (including phenoxy) is 1. The Labute approximate surface area is 163 Å². The molecule has 1 aliphatic carbocycles. The van der Waals surface area contributed by atoms with Gasteiger partial charge in [-0.1, -0.05) is 43.9 Å². The van der Waals surface area contributed by atoms with Crippen molar-refractivity contribution in [3.63, 3.8) is 0 Å². The van der Waals surface area contributed by atoms with Gasteiger partial charge in [-0.25, -0.2) is 4.99 Å². The van der Waals surface area contributed by atoms with Crippen LogP contribution in [0.5, 0.6) is 0 Å². The fraction of sp³-hybridized carbons (Fsp3) is 0.333. The Balaban J connectivity index is 2.33. The Kier molecular flexibility index (Phi) is 7.54. The van der Waals surface area contributed by atoms with E-state index in [0.29, 0.717) is 11.6 Å². The van der Waals surface area contributed by atoms with Crippen molar-refractivity contribution in [2.45, 2.75) is 47.0 Å². The van der Waals surface area contributed by atoms with Crippen molar-refractivity contribution < 1.29 is 4.74 Å². The molecule has 1 N–H and O–H groups in total. The van der Waals surface area contributed by atoms with Crippen molar-refractivity contribution in [2.24, 2.45) is 10.9 Å². The summed E-state index contributed by atoms with van der Waals surface area (Å²) in [6.45, 7) is 12.1. The molecule has 0 saturated heterocycles. The van der Waals surface area contributed by atoms with Gasteiger partial charge in [0.2, 0.25) is 5.88 Å². The Morgan fingerprint density at radius 1 is 1.26 bits per heavy atom. The topological polar surface area (TPSA) is 45.4 Å². The van der Waals surface area contributed by atoms with Gasteiger partial charge in [-0.15, -0.1) is 0 Å². The molecule has 3 nitrogen and oxygen atoms in total. The quantitative estimate of drug-likeness (QED) is 0.509. The van der Waals surface area contributed by atoms with E-state index in [1.54, 1.807) is 0 Å². The van der Waals surface area contributed by atoms with Crippen molar-refractivity contribution in [3.05, 3.63) is 83.5 Å². The van der Waals surface area contributed by atoms with Gasteiger partial charge in [0.05, 0.1) is 5.71 Å². The van der Waals surface area contributed by atoms with Gasteiger partial charge in [0.1, 0.15) is 5.76 Å². The summed E-state index contributed by atoms with van der Waals surface area (Å²) < 4.78 is 6.03. The van der Waals surface area contributed by atoms with Crippen LogP contribution in [0.2, 0.25) is 0 Å². The molecule has 0 aromatic heterocycles. The van der Waals surface area contributed by atoms with Crippen LogP contribution in [0.3, 0.4) is 0 Å². The standard InChI is InChI=1S/C24H30N2O/c1-6-20(16-18(4)19(5)25)22-14-11-15-23(26-24(22)17(2)3)27-21-12-9-7-8-10-13-21/h7,9-10,12-16,20,25H,2,6,8,11H2,1,3-5H3. The smallest absolute Gasteiger partial charge is 0.216 e. The first-order valence-corrected chi connectivity index (χ1v) is 9.52. The molecule has 0 aromatic carbocycles. The van der Waals surface area contributed by atoms with Crippen LogP contribution >= 0.6 is 0 Å². The molecule has 0 amide bonds. The summed E-state index contributed by atoms with van der Waals surface area (Å²) in [7, 11) is 0. The third kappa shape index (κ3) is 5.92. The highest BCUT2D eigenvalue weighted by molar-refractivity contribution is 6.12. The van der Waals surface area contributed by atoms with Crippen LogP contribution in [0, 0.1) is 11.3 Å². The summed E-state index contributed by atoms with van der Waals surface area (Å²) in [5, 5.41) is 7.87. The van der Waals surface area contributed by atoms with Crippen molar-refractivity contribution in [2.75, 3.05) is 0 Å². The van der Waals surface area contributed by atoms with Crippen LogP contribution < -0.4 is 0 Å². The van der Waals surface area contributed by atoms with E-state index in [0.717, 1.165) is 47.5 Å². The summed E-state index contributed by atoms with van der Waals surface area (Å²) in [5.41, 5.74) is 4.55. The average Bonchev–Trinajstić information content (AvgIpc) is 3.00. The van der Waals surface area contributed by atoms with Crippen LogP contribution in [0.15, 0.2) is 88.5 Å². The largest absolute Gasteiger partial charge is 0.439 e. The fourth-order valence-corrected chi connectivity index (χ4v) is 2.94. The van der Waals surface area contributed by atoms with Crippen LogP contribution in [0.4, 0.5) is 0 Å². The van der Waals surface area contributed by atoms with E-state index in [-0.39, 0.29) is 5.92 Å². The van der Waals surface area contributed by atoms with Crippen LogP contribution in [0.25, 0.3) is 0 Å². The number of nitrogens with zero attached hydrogens (tertiary/aromatic N) is 1. The zero-order chi connectivity index (χ0) is 19.8. The van der Waals surface area contributed by atoms with E-state index in [9.17, 15) is 0 Å². The normalized spacial score (nSPS) is 18.4. The lowest BCUT2D eigenvalue weighted by Crippen LogP contribution is -2.13. The molecule has 2 aliphatic rings. The minimum absolute atomic E-state index is 0.202. The second kappa shape index (κ2) is 9.86. The average molecular weight is 363 g/mol. The molecular formula is C24H30N2O. The maximum atomic E-state index is 7.87. The molecule has 0 saturated carbocycles. The zero-order valence-corrected chi connectivity index (χ0v) is 16.9. The van der Waals surface area contributed by atoms with Gasteiger partial charge in [0.15, 0.2) is 0 Å². The summed E-state index contributed by atoms with van der Waals surface area (Å²) in [6.07, 6.45) is 19.1. The lowest BCUT2D eigenvalue weighted by atomic mass is 9.87. The van der Waals surface area contributed by atoms with E-state index in [4.69, 9.17) is 15.1 Å². The predicted molar refractivity (Wildman–Crippen MR) is 116 cm³/mol. The first kappa shape index (κ1) is 20.6. The third-order valence-corrected chi connectivity index (χ3v) is 4.59. The highest BCUT2D eigenvalue weighted by Gasteiger charge is 2.19. The van der Waals surface area contributed by atoms with Gasteiger partial charge in [-0.2, -0.15) is 0 Å². The van der Waals surface area contributed by atoms with E-state index in [1.807, 2.05) is 45.1 Å². The van der Waals surface area contributed by atoms with Crippen LogP contribution in [0.1, 0.15) is 47.0 Å². The van der Waals surface area contributed by atoms with Gasteiger partial charge >= 0.3 is 0 Å². The number of nitrogens with one attached hydrogen (secondary N) is 1. The van der Waals surface area contributed by atoms with Gasteiger partial charge in [-0.3, -0.25) is 0 Å². The SMILES string of the molecule is C=C(C)C1=NC(OC2=CC=CCC=C2)=CCC=C1C(C=C(C)C(C)=N)CC. The summed E-state index contributed by atoms with van der Waals surface area (Å²) in [6, 6.07) is 0. The molecule has 1 unspecified atom stereocenters. The molecule has 0 radical (unpaired) electrons. The Morgan fingerprint density at radius 3 is 2.70 bits per heavy atom. The monoisotopic (exact) mass is 362 g/mol. The molecule has 0 fully saturated rings. The molecule has 0 bridgehead atoms. The molecular weight excluding hydrogens is 332 g/mol. The van der Waals surface area contributed by atoms with Crippen molar-refractivity contribution in [1.29, 1.82) is 5.41 Å². The first-order valence-electron chi connectivity index (χ1n) is 9.52. The van der Waals surface area contributed by atoms with Gasteiger partial charge in [0, 0.05) is 11.6 Å². The molecule has 0 aromatic rings. The van der Waals surface area contributed by atoms with E-state index in [1.165, 1.54) is 0 Å². The Hall–Kier alpha value is -2.68. The molecule has 0 spiro atoms. The molecule has 27 heavy (non-hydrogen) atoms. The zero-order valence-electron chi connectivity index (χ0n) is 16.9. The number of hydrogen-bond acceptors (Lipinski definition) is 3. The minimum atomic E-state index is 0.202. The van der Waals surface area contributed by atoms with Crippen molar-refractivity contribution in [3.8, 4) is 0 Å². The number of aliphatic imine (C=N–C) groups is 1. The second-order valence-electron chi connectivity index (χ2n) is 6.91. The number of rotatable bonds is 7. The summed E-state index contributed by atoms with van der Waals surface area (Å²) >= 11 is 0. The lowest BCUT2D eigenvalue weighted by molar-refractivity contribution is 0.316. The second-order valence-corrected chi connectivity index (χ2v) is 6.91. The summed E-state index contributed by atoms with van der Waals surface area (Å²) in [4.78, 5) is 4.81. The Bertz CT molecular complexity index is 813. The van der Waals surface area contributed by atoms with E-state index >= 15 is 0 Å². The van der Waals surface area contributed by atoms with Crippen LogP contribution in [-0.4, -0.2) is 11.4 Å². The molecule has 1 heterocycles. The highest BCUT2D eigenvalue weighted by atomic mass is 16.5. The van der Waals surface area contributed by atoms with Gasteiger partial charge < -0.3 is 10.1 Å². The lowest BCUT2D eigenvalue weighted by Gasteiger charge is -2.19. The molecule has 3 heteroatoms. The maximum Gasteiger partial charge on any atom is 0.216 e. The first-order chi connectivity index (χ1) is 12.9. The summed E-state index contributed by atoms with van der Waals surface area (Å²) in [5.74, 6) is 1.59. The van der Waals surface area contributed by atoms with Gasteiger partial charge in [-0.05, 0) is 75.0 Å². The molecule has 142 valence electrons. The molecule has 2 rings (SSSR count). The predicted octanol–water partition coefficient (Wildman–Crippen LogP) is 6.60. The van der Waals surface area contributed by atoms with Crippen molar-refractivity contribution >= 4 is 11.4 Å². The minimum Gasteiger partial charge on any atom is -0.439 e. The number of allylic oxidation sites excluding steroid dienone is 11. The fourth-order valence-electron chi connectivity index (χ4n) is 2.94. The highest BCUT2D eigenvalue weighted by Crippen LogP contribution is 2.28. The van der Waals surface area contributed by atoms with E-state index in [2.05, 4.69) is 37.8 Å². The Morgan fingerprint density at radius 2 is 2.04 bits per heavy atom. The number of hydrogen-bond donors (Lipinski definition) is 1. The molecule has 1 atom stereocenters. The maximum absolute atomic E-state index is 7.87. The van der Waals surface area contributed by atoms with Crippen LogP contribution in [-0.2, 0) is 4.74 Å². The third-order valence-electron chi connectivity index (χ3n) is 4.59. The van der Waals surface area contributed by atoms with Gasteiger partial charge in [0.25, 0.3) is 0 Å². The molecule has 1 aliphatic heterocycles.